The first kappa shape index (κ1) is 29.5. The van der Waals surface area contributed by atoms with Gasteiger partial charge in [-0.3, -0.25) is 19.2 Å². The van der Waals surface area contributed by atoms with Crippen LogP contribution >= 0.6 is 0 Å². The summed E-state index contributed by atoms with van der Waals surface area (Å²) in [6, 6.07) is 4.47. The second-order valence-corrected chi connectivity index (χ2v) is 10.4. The molecule has 0 radical (unpaired) electrons. The normalized spacial score (nSPS) is 15.2. The van der Waals surface area contributed by atoms with Crippen molar-refractivity contribution >= 4 is 46.6 Å². The summed E-state index contributed by atoms with van der Waals surface area (Å²) in [6.45, 7) is 5.12. The van der Waals surface area contributed by atoms with Crippen molar-refractivity contribution in [2.24, 2.45) is 5.92 Å². The highest BCUT2D eigenvalue weighted by atomic mass is 16.5. The lowest BCUT2D eigenvalue weighted by molar-refractivity contribution is -0.150. The van der Waals surface area contributed by atoms with Crippen molar-refractivity contribution < 1.29 is 28.7 Å². The van der Waals surface area contributed by atoms with Crippen molar-refractivity contribution in [2.75, 3.05) is 0 Å². The van der Waals surface area contributed by atoms with E-state index in [2.05, 4.69) is 20.9 Å². The summed E-state index contributed by atoms with van der Waals surface area (Å²) in [5, 5.41) is 16.1. The number of Topliss-reactive ketones (excluding diaryl/α,β-unsaturated/α-hetero) is 1. The summed E-state index contributed by atoms with van der Waals surface area (Å²) in [5.74, 6) is -2.64. The third-order valence-electron chi connectivity index (χ3n) is 6.38. The first-order valence-electron chi connectivity index (χ1n) is 13.2. The number of hydrogen-bond acceptors (Lipinski definition) is 7. The van der Waals surface area contributed by atoms with E-state index in [4.69, 9.17) is 10.1 Å². The zero-order valence-corrected chi connectivity index (χ0v) is 22.5. The number of aromatic amines is 1. The minimum absolute atomic E-state index is 0.0786. The molecule has 3 rings (SSSR count). The minimum Gasteiger partial charge on any atom is -0.461 e. The Kier molecular flexibility index (Phi) is 10.4. The van der Waals surface area contributed by atoms with Gasteiger partial charge in [-0.05, 0) is 43.2 Å². The average molecular weight is 540 g/mol. The molecule has 2 aromatic rings. The van der Waals surface area contributed by atoms with Crippen LogP contribution in [0.1, 0.15) is 58.4 Å². The number of rotatable bonds is 15. The molecule has 0 aliphatic heterocycles. The van der Waals surface area contributed by atoms with Crippen LogP contribution in [0.15, 0.2) is 30.5 Å². The number of ether oxygens (including phenoxy) is 1. The Bertz CT molecular complexity index is 1220. The second-order valence-electron chi connectivity index (χ2n) is 10.4. The summed E-state index contributed by atoms with van der Waals surface area (Å²) in [7, 11) is 0. The fourth-order valence-corrected chi connectivity index (χ4v) is 4.27. The van der Waals surface area contributed by atoms with Gasteiger partial charge in [0, 0.05) is 36.9 Å². The van der Waals surface area contributed by atoms with Crippen LogP contribution in [0.4, 0.5) is 0 Å². The average Bonchev–Trinajstić information content (AvgIpc) is 3.62. The van der Waals surface area contributed by atoms with Crippen molar-refractivity contribution in [1.82, 2.24) is 20.9 Å². The van der Waals surface area contributed by atoms with Crippen LogP contribution in [0.3, 0.4) is 0 Å². The fourth-order valence-electron chi connectivity index (χ4n) is 4.27. The summed E-state index contributed by atoms with van der Waals surface area (Å²) >= 11 is 0. The molecule has 11 heteroatoms. The Morgan fingerprint density at radius 3 is 2.33 bits per heavy atom. The van der Waals surface area contributed by atoms with Gasteiger partial charge >= 0.3 is 5.97 Å². The molecule has 1 aromatic heterocycles. The number of H-pyrrole nitrogens is 1. The molecule has 1 aliphatic rings. The van der Waals surface area contributed by atoms with E-state index in [0.717, 1.165) is 29.3 Å². The molecule has 11 nitrogen and oxygen atoms in total. The molecule has 39 heavy (non-hydrogen) atoms. The van der Waals surface area contributed by atoms with Crippen molar-refractivity contribution in [2.45, 2.75) is 83.5 Å². The molecule has 0 unspecified atom stereocenters. The predicted octanol–water partition coefficient (Wildman–Crippen LogP) is 1.94. The van der Waals surface area contributed by atoms with Gasteiger partial charge in [0.1, 0.15) is 24.2 Å². The molecule has 1 heterocycles. The van der Waals surface area contributed by atoms with E-state index in [9.17, 15) is 24.0 Å². The number of para-hydroxylation sites is 1. The van der Waals surface area contributed by atoms with Crippen LogP contribution in [-0.4, -0.2) is 64.9 Å². The Hall–Kier alpha value is -4.02. The minimum atomic E-state index is -1.18. The first-order chi connectivity index (χ1) is 18.6. The number of amides is 3. The van der Waals surface area contributed by atoms with Gasteiger partial charge in [0.15, 0.2) is 5.78 Å². The summed E-state index contributed by atoms with van der Waals surface area (Å²) in [5.41, 5.74) is 1.69. The number of carbonyl (C=O) groups excluding carboxylic acids is 5. The summed E-state index contributed by atoms with van der Waals surface area (Å²) < 4.78 is 5.40. The van der Waals surface area contributed by atoms with Crippen molar-refractivity contribution in [3.05, 3.63) is 36.0 Å². The third kappa shape index (κ3) is 9.05. The topological polar surface area (TPSA) is 170 Å². The molecule has 1 fully saturated rings. The van der Waals surface area contributed by atoms with Gasteiger partial charge in [-0.15, -0.1) is 0 Å². The molecule has 1 saturated carbocycles. The number of nitrogens with one attached hydrogen (secondary N) is 5. The molecular formula is C28H37N5O6. The van der Waals surface area contributed by atoms with Gasteiger partial charge in [-0.25, -0.2) is 4.79 Å². The summed E-state index contributed by atoms with van der Waals surface area (Å²) in [6.07, 6.45) is 4.13. The van der Waals surface area contributed by atoms with Crippen LogP contribution < -0.4 is 16.0 Å². The lowest BCUT2D eigenvalue weighted by atomic mass is 10.0. The number of ketones is 1. The molecule has 3 atom stereocenters. The zero-order valence-electron chi connectivity index (χ0n) is 22.5. The van der Waals surface area contributed by atoms with Crippen molar-refractivity contribution in [3.63, 3.8) is 0 Å². The molecule has 1 aromatic carbocycles. The van der Waals surface area contributed by atoms with E-state index in [1.165, 1.54) is 6.92 Å². The van der Waals surface area contributed by atoms with Gasteiger partial charge in [0.05, 0.1) is 6.21 Å². The highest BCUT2D eigenvalue weighted by molar-refractivity contribution is 6.26. The van der Waals surface area contributed by atoms with Gasteiger partial charge in [-0.2, -0.15) is 0 Å². The lowest BCUT2D eigenvalue weighted by Gasteiger charge is -2.25. The molecule has 210 valence electrons. The number of esters is 1. The second kappa shape index (κ2) is 13.7. The lowest BCUT2D eigenvalue weighted by Crippen LogP contribution is -2.56. The maximum atomic E-state index is 13.4. The van der Waals surface area contributed by atoms with E-state index in [1.807, 2.05) is 38.1 Å². The Morgan fingerprint density at radius 1 is 1.03 bits per heavy atom. The van der Waals surface area contributed by atoms with Crippen LogP contribution in [0, 0.1) is 11.3 Å². The fraction of sp³-hybridized carbons (Fsp3) is 0.500. The molecule has 0 bridgehead atoms. The molecule has 3 amide bonds. The number of aromatic nitrogens is 1. The third-order valence-corrected chi connectivity index (χ3v) is 6.38. The highest BCUT2D eigenvalue weighted by Crippen LogP contribution is 2.24. The Labute approximate surface area is 227 Å². The maximum Gasteiger partial charge on any atom is 0.328 e. The molecule has 1 aliphatic carbocycles. The predicted molar refractivity (Wildman–Crippen MR) is 145 cm³/mol. The van der Waals surface area contributed by atoms with Crippen LogP contribution in [-0.2, 0) is 35.1 Å². The van der Waals surface area contributed by atoms with Crippen molar-refractivity contribution in [3.8, 4) is 0 Å². The SMILES string of the molecule is CC(=O)N[C@@H](Cc1c[nH]c2ccccc12)C(=O)N[C@@H](CCC(=O)C=N)C(=O)N[C@@H](CC(C)C)C(=O)OC1CC1. The monoisotopic (exact) mass is 539 g/mol. The Morgan fingerprint density at radius 2 is 1.69 bits per heavy atom. The quantitative estimate of drug-likeness (QED) is 0.171. The van der Waals surface area contributed by atoms with E-state index in [0.29, 0.717) is 12.6 Å². The van der Waals surface area contributed by atoms with E-state index < -0.39 is 47.6 Å². The number of carbonyl (C=O) groups is 5. The van der Waals surface area contributed by atoms with Crippen LogP contribution in [0.25, 0.3) is 10.9 Å². The van der Waals surface area contributed by atoms with E-state index >= 15 is 0 Å². The maximum absolute atomic E-state index is 13.4. The Balaban J connectivity index is 1.77. The smallest absolute Gasteiger partial charge is 0.328 e. The van der Waals surface area contributed by atoms with Gasteiger partial charge in [0.25, 0.3) is 0 Å². The van der Waals surface area contributed by atoms with Gasteiger partial charge in [-0.1, -0.05) is 32.0 Å². The number of hydrogen-bond donors (Lipinski definition) is 5. The first-order valence-corrected chi connectivity index (χ1v) is 13.2. The standard InChI is InChI=1S/C28H37N5O6/c1-16(2)12-25(28(38)39-20-9-10-20)33-26(36)23(11-8-19(35)14-29)32-27(37)24(31-17(3)34)13-18-15-30-22-7-5-4-6-21(18)22/h4-7,14-16,20,23-25,29-30H,8-13H2,1-3H3,(H,31,34)(H,32,37)(H,33,36)/t23-,24-,25-/m0/s1. The molecular weight excluding hydrogens is 502 g/mol. The summed E-state index contributed by atoms with van der Waals surface area (Å²) in [4.78, 5) is 66.3. The van der Waals surface area contributed by atoms with E-state index in [-0.39, 0.29) is 31.3 Å². The zero-order chi connectivity index (χ0) is 28.5. The molecule has 0 spiro atoms. The number of fused-ring (bicyclic) bond motifs is 1. The van der Waals surface area contributed by atoms with Crippen LogP contribution in [0.5, 0.6) is 0 Å². The van der Waals surface area contributed by atoms with Gasteiger partial charge in [0.2, 0.25) is 17.7 Å². The van der Waals surface area contributed by atoms with E-state index in [1.54, 1.807) is 6.20 Å². The highest BCUT2D eigenvalue weighted by Gasteiger charge is 2.34. The van der Waals surface area contributed by atoms with Crippen LogP contribution in [0.2, 0.25) is 0 Å². The largest absolute Gasteiger partial charge is 0.461 e. The van der Waals surface area contributed by atoms with Gasteiger partial charge < -0.3 is 31.1 Å². The van der Waals surface area contributed by atoms with Crippen molar-refractivity contribution in [1.29, 1.82) is 5.41 Å². The molecule has 0 saturated heterocycles. The number of benzene rings is 1. The molecule has 5 N–H and O–H groups in total.